The molecule has 4 aromatic rings. The number of nitrogens with zero attached hydrogens (tertiary/aromatic N) is 1. The lowest BCUT2D eigenvalue weighted by Gasteiger charge is -2.11. The number of nitrogens with one attached hydrogen (secondary N) is 1. The molecule has 0 saturated heterocycles. The third-order valence-electron chi connectivity index (χ3n) is 4.60. The van der Waals surface area contributed by atoms with E-state index < -0.39 is 5.97 Å². The maximum absolute atomic E-state index is 13.4. The highest BCUT2D eigenvalue weighted by atomic mass is 19.1. The standard InChI is InChI=1S/C24H19FN2O3/c25-19-9-7-17-8-10-21(27-23(17)12-19)15-30-22-6-2-5-20(13-22)26-14-16-3-1-4-18(11-16)24(28)29/h1-13,26H,14-15H2,(H,28,29). The second-order valence-electron chi connectivity index (χ2n) is 6.82. The van der Waals surface area contributed by atoms with E-state index in [-0.39, 0.29) is 18.0 Å². The van der Waals surface area contributed by atoms with Gasteiger partial charge in [0.2, 0.25) is 0 Å². The summed E-state index contributed by atoms with van der Waals surface area (Å²) in [6.45, 7) is 0.749. The molecule has 0 bridgehead atoms. The second-order valence-corrected chi connectivity index (χ2v) is 6.82. The van der Waals surface area contributed by atoms with Crippen molar-refractivity contribution in [3.05, 3.63) is 102 Å². The molecule has 0 spiro atoms. The highest BCUT2D eigenvalue weighted by molar-refractivity contribution is 5.87. The van der Waals surface area contributed by atoms with Gasteiger partial charge >= 0.3 is 5.97 Å². The largest absolute Gasteiger partial charge is 0.487 e. The summed E-state index contributed by atoms with van der Waals surface area (Å²) in [6.07, 6.45) is 0. The number of aromatic nitrogens is 1. The lowest BCUT2D eigenvalue weighted by Crippen LogP contribution is -2.03. The van der Waals surface area contributed by atoms with E-state index in [9.17, 15) is 9.18 Å². The molecule has 0 aliphatic heterocycles. The smallest absolute Gasteiger partial charge is 0.335 e. The number of hydrogen-bond acceptors (Lipinski definition) is 4. The van der Waals surface area contributed by atoms with Crippen molar-refractivity contribution >= 4 is 22.6 Å². The fraction of sp³-hybridized carbons (Fsp3) is 0.0833. The topological polar surface area (TPSA) is 71.5 Å². The van der Waals surface area contributed by atoms with Crippen molar-refractivity contribution in [1.82, 2.24) is 4.98 Å². The quantitative estimate of drug-likeness (QED) is 0.441. The Morgan fingerprint density at radius 3 is 2.70 bits per heavy atom. The molecule has 0 unspecified atom stereocenters. The van der Waals surface area contributed by atoms with E-state index >= 15 is 0 Å². The van der Waals surface area contributed by atoms with E-state index in [4.69, 9.17) is 9.84 Å². The first-order valence-electron chi connectivity index (χ1n) is 9.41. The molecule has 2 N–H and O–H groups in total. The molecule has 5 nitrogen and oxygen atoms in total. The lowest BCUT2D eigenvalue weighted by molar-refractivity contribution is 0.0696. The molecule has 0 saturated carbocycles. The molecule has 0 fully saturated rings. The monoisotopic (exact) mass is 402 g/mol. The molecule has 4 rings (SSSR count). The van der Waals surface area contributed by atoms with Crippen LogP contribution in [0, 0.1) is 5.82 Å². The number of rotatable bonds is 7. The third kappa shape index (κ3) is 4.72. The highest BCUT2D eigenvalue weighted by Crippen LogP contribution is 2.20. The number of anilines is 1. The number of ether oxygens (including phenoxy) is 1. The van der Waals surface area contributed by atoms with Crippen molar-refractivity contribution in [3.8, 4) is 5.75 Å². The van der Waals surface area contributed by atoms with Crippen LogP contribution in [-0.4, -0.2) is 16.1 Å². The number of pyridine rings is 1. The van der Waals surface area contributed by atoms with Gasteiger partial charge in [-0.05, 0) is 48.0 Å². The Bertz CT molecular complexity index is 1210. The molecule has 3 aromatic carbocycles. The zero-order valence-corrected chi connectivity index (χ0v) is 16.0. The van der Waals surface area contributed by atoms with Gasteiger partial charge in [0.1, 0.15) is 18.2 Å². The molecule has 30 heavy (non-hydrogen) atoms. The van der Waals surface area contributed by atoms with Gasteiger partial charge in [-0.15, -0.1) is 0 Å². The number of fused-ring (bicyclic) bond motifs is 1. The molecule has 6 heteroatoms. The van der Waals surface area contributed by atoms with Crippen molar-refractivity contribution in [2.45, 2.75) is 13.2 Å². The second kappa shape index (κ2) is 8.61. The molecule has 0 amide bonds. The fourth-order valence-electron chi connectivity index (χ4n) is 3.08. The van der Waals surface area contributed by atoms with Crippen LogP contribution in [0.2, 0.25) is 0 Å². The first-order valence-corrected chi connectivity index (χ1v) is 9.41. The van der Waals surface area contributed by atoms with Crippen LogP contribution in [0.15, 0.2) is 78.9 Å². The van der Waals surface area contributed by atoms with Crippen LogP contribution in [0.1, 0.15) is 21.6 Å². The third-order valence-corrected chi connectivity index (χ3v) is 4.60. The summed E-state index contributed by atoms with van der Waals surface area (Å²) >= 11 is 0. The maximum atomic E-state index is 13.4. The average Bonchev–Trinajstić information content (AvgIpc) is 2.76. The van der Waals surface area contributed by atoms with E-state index in [0.717, 1.165) is 16.6 Å². The van der Waals surface area contributed by atoms with Crippen LogP contribution in [0.25, 0.3) is 10.9 Å². The number of benzene rings is 3. The lowest BCUT2D eigenvalue weighted by atomic mass is 10.1. The summed E-state index contributed by atoms with van der Waals surface area (Å²) in [5.41, 5.74) is 3.27. The normalized spacial score (nSPS) is 10.7. The molecule has 1 aromatic heterocycles. The van der Waals surface area contributed by atoms with E-state index in [1.165, 1.54) is 12.1 Å². The van der Waals surface area contributed by atoms with Gasteiger partial charge in [0.05, 0.1) is 16.8 Å². The van der Waals surface area contributed by atoms with Crippen molar-refractivity contribution in [3.63, 3.8) is 0 Å². The Balaban J connectivity index is 1.40. The summed E-state index contributed by atoms with van der Waals surface area (Å²) in [5, 5.41) is 13.2. The van der Waals surface area contributed by atoms with Crippen molar-refractivity contribution in [2.75, 3.05) is 5.32 Å². The van der Waals surface area contributed by atoms with Gasteiger partial charge in [-0.25, -0.2) is 14.2 Å². The van der Waals surface area contributed by atoms with Crippen LogP contribution in [0.3, 0.4) is 0 Å². The van der Waals surface area contributed by atoms with Gasteiger partial charge in [0, 0.05) is 29.8 Å². The predicted molar refractivity (Wildman–Crippen MR) is 113 cm³/mol. The molecule has 0 atom stereocenters. The van der Waals surface area contributed by atoms with Crippen LogP contribution in [-0.2, 0) is 13.2 Å². The number of hydrogen-bond donors (Lipinski definition) is 2. The molecule has 0 aliphatic carbocycles. The zero-order chi connectivity index (χ0) is 20.9. The Hall–Kier alpha value is -3.93. The van der Waals surface area contributed by atoms with Gasteiger partial charge in [0.25, 0.3) is 0 Å². The van der Waals surface area contributed by atoms with Crippen molar-refractivity contribution in [1.29, 1.82) is 0 Å². The SMILES string of the molecule is O=C(O)c1cccc(CNc2cccc(OCc3ccc4ccc(F)cc4n3)c2)c1. The Kier molecular flexibility index (Phi) is 5.57. The van der Waals surface area contributed by atoms with Gasteiger partial charge in [-0.3, -0.25) is 0 Å². The van der Waals surface area contributed by atoms with E-state index in [1.807, 2.05) is 42.5 Å². The first-order chi connectivity index (χ1) is 14.6. The number of carboxylic acids is 1. The van der Waals surface area contributed by atoms with Crippen LogP contribution in [0.4, 0.5) is 10.1 Å². The average molecular weight is 402 g/mol. The van der Waals surface area contributed by atoms with Gasteiger partial charge in [0.15, 0.2) is 0 Å². The van der Waals surface area contributed by atoms with Gasteiger partial charge < -0.3 is 15.2 Å². The molecular formula is C24H19FN2O3. The van der Waals surface area contributed by atoms with Gasteiger partial charge in [-0.1, -0.05) is 24.3 Å². The van der Waals surface area contributed by atoms with Crippen LogP contribution in [0.5, 0.6) is 5.75 Å². The molecule has 150 valence electrons. The van der Waals surface area contributed by atoms with Crippen molar-refractivity contribution < 1.29 is 19.0 Å². The number of halogens is 1. The van der Waals surface area contributed by atoms with Crippen LogP contribution < -0.4 is 10.1 Å². The predicted octanol–water partition coefficient (Wildman–Crippen LogP) is 5.26. The van der Waals surface area contributed by atoms with Crippen LogP contribution >= 0.6 is 0 Å². The Labute approximate surface area is 172 Å². The Morgan fingerprint density at radius 2 is 1.83 bits per heavy atom. The summed E-state index contributed by atoms with van der Waals surface area (Å²) in [7, 11) is 0. The summed E-state index contributed by atoms with van der Waals surface area (Å²) in [5.74, 6) is -0.599. The van der Waals surface area contributed by atoms with Gasteiger partial charge in [-0.2, -0.15) is 0 Å². The summed E-state index contributed by atoms with van der Waals surface area (Å²) in [6, 6.07) is 22.6. The van der Waals surface area contributed by atoms with E-state index in [2.05, 4.69) is 10.3 Å². The number of carboxylic acid groups (broad SMARTS) is 1. The molecule has 1 heterocycles. The highest BCUT2D eigenvalue weighted by Gasteiger charge is 2.05. The fourth-order valence-corrected chi connectivity index (χ4v) is 3.08. The Morgan fingerprint density at radius 1 is 1.00 bits per heavy atom. The summed E-state index contributed by atoms with van der Waals surface area (Å²) in [4.78, 5) is 15.5. The minimum absolute atomic E-state index is 0.258. The molecule has 0 aliphatic rings. The zero-order valence-electron chi connectivity index (χ0n) is 16.0. The first kappa shape index (κ1) is 19.4. The minimum Gasteiger partial charge on any atom is -0.487 e. The number of carbonyl (C=O) groups is 1. The molecular weight excluding hydrogens is 383 g/mol. The number of aromatic carboxylic acids is 1. The maximum Gasteiger partial charge on any atom is 0.335 e. The van der Waals surface area contributed by atoms with E-state index in [1.54, 1.807) is 24.3 Å². The van der Waals surface area contributed by atoms with Crippen molar-refractivity contribution in [2.24, 2.45) is 0 Å². The summed E-state index contributed by atoms with van der Waals surface area (Å²) < 4.78 is 19.3. The minimum atomic E-state index is -0.947. The van der Waals surface area contributed by atoms with E-state index in [0.29, 0.717) is 23.5 Å². The molecule has 0 radical (unpaired) electrons.